The van der Waals surface area contributed by atoms with Crippen molar-refractivity contribution in [2.75, 3.05) is 7.05 Å². The fourth-order valence-electron chi connectivity index (χ4n) is 2.94. The summed E-state index contributed by atoms with van der Waals surface area (Å²) in [5.41, 5.74) is 2.79. The Morgan fingerprint density at radius 3 is 3.06 bits per heavy atom. The lowest BCUT2D eigenvalue weighted by molar-refractivity contribution is -0.128. The van der Waals surface area contributed by atoms with Crippen LogP contribution in [0.1, 0.15) is 23.5 Å². The van der Waals surface area contributed by atoms with Gasteiger partial charge in [0.2, 0.25) is 5.91 Å². The van der Waals surface area contributed by atoms with Crippen molar-refractivity contribution in [2.45, 2.75) is 24.8 Å². The maximum absolute atomic E-state index is 11.6. The van der Waals surface area contributed by atoms with E-state index in [9.17, 15) is 4.79 Å². The van der Waals surface area contributed by atoms with Crippen LogP contribution in [0.15, 0.2) is 34.8 Å². The molecule has 0 radical (unpaired) electrons. The summed E-state index contributed by atoms with van der Waals surface area (Å²) in [6.07, 6.45) is 5.89. The van der Waals surface area contributed by atoms with Crippen LogP contribution in [0.25, 0.3) is 0 Å². The Labute approximate surface area is 109 Å². The van der Waals surface area contributed by atoms with Crippen molar-refractivity contribution in [3.63, 3.8) is 0 Å². The minimum atomic E-state index is 0.131. The molecular formula is C14H14BrNO. The van der Waals surface area contributed by atoms with Crippen LogP contribution in [0.5, 0.6) is 0 Å². The third kappa shape index (κ3) is 1.73. The lowest BCUT2D eigenvalue weighted by Gasteiger charge is -2.40. The summed E-state index contributed by atoms with van der Waals surface area (Å²) in [4.78, 5) is 13.5. The number of fused-ring (bicyclic) bond motifs is 3. The predicted octanol–water partition coefficient (Wildman–Crippen LogP) is 2.88. The molecule has 0 bridgehead atoms. The number of carbonyl (C=O) groups excluding carboxylic acids is 1. The summed E-state index contributed by atoms with van der Waals surface area (Å²) < 4.78 is 1.14. The van der Waals surface area contributed by atoms with Crippen molar-refractivity contribution in [3.05, 3.63) is 46.0 Å². The smallest absolute Gasteiger partial charge is 0.246 e. The minimum Gasteiger partial charge on any atom is -0.338 e. The third-order valence-corrected chi connectivity index (χ3v) is 4.37. The molecule has 1 heterocycles. The molecule has 17 heavy (non-hydrogen) atoms. The third-order valence-electron chi connectivity index (χ3n) is 3.88. The summed E-state index contributed by atoms with van der Waals surface area (Å²) in [5, 5.41) is 0. The molecule has 1 aliphatic carbocycles. The highest BCUT2D eigenvalue weighted by atomic mass is 79.9. The van der Waals surface area contributed by atoms with Crippen LogP contribution in [0.4, 0.5) is 0 Å². The largest absolute Gasteiger partial charge is 0.338 e. The summed E-state index contributed by atoms with van der Waals surface area (Å²) in [6.45, 7) is 0. The molecule has 3 heteroatoms. The lowest BCUT2D eigenvalue weighted by atomic mass is 9.77. The second-order valence-electron chi connectivity index (χ2n) is 4.78. The Morgan fingerprint density at radius 2 is 2.24 bits per heavy atom. The molecule has 1 aliphatic heterocycles. The van der Waals surface area contributed by atoms with E-state index in [0.29, 0.717) is 12.0 Å². The Morgan fingerprint density at radius 1 is 1.41 bits per heavy atom. The van der Waals surface area contributed by atoms with Crippen molar-refractivity contribution >= 4 is 21.8 Å². The quantitative estimate of drug-likeness (QED) is 0.720. The van der Waals surface area contributed by atoms with E-state index in [2.05, 4.69) is 40.2 Å². The van der Waals surface area contributed by atoms with Crippen LogP contribution in [0.3, 0.4) is 0 Å². The number of halogens is 1. The number of likely N-dealkylation sites (N-methyl/N-ethyl adjacent to an activating group) is 1. The first-order chi connectivity index (χ1) is 8.16. The van der Waals surface area contributed by atoms with E-state index in [0.717, 1.165) is 17.3 Å². The highest BCUT2D eigenvalue weighted by Crippen LogP contribution is 2.38. The molecule has 2 atom stereocenters. The molecule has 2 unspecified atom stereocenters. The van der Waals surface area contributed by atoms with Gasteiger partial charge < -0.3 is 4.90 Å². The highest BCUT2D eigenvalue weighted by molar-refractivity contribution is 9.10. The number of rotatable bonds is 0. The van der Waals surface area contributed by atoms with Gasteiger partial charge in [0.25, 0.3) is 0 Å². The maximum atomic E-state index is 11.6. The Hall–Kier alpha value is -1.09. The van der Waals surface area contributed by atoms with E-state index in [1.54, 1.807) is 6.08 Å². The minimum absolute atomic E-state index is 0.131. The molecule has 1 amide bonds. The molecule has 0 fully saturated rings. The van der Waals surface area contributed by atoms with E-state index in [1.165, 1.54) is 11.1 Å². The van der Waals surface area contributed by atoms with Gasteiger partial charge in [0.1, 0.15) is 0 Å². The fraction of sp³-hybridized carbons (Fsp3) is 0.357. The first-order valence-corrected chi connectivity index (χ1v) is 6.69. The summed E-state index contributed by atoms with van der Waals surface area (Å²) >= 11 is 3.52. The van der Waals surface area contributed by atoms with Crippen LogP contribution < -0.4 is 0 Å². The maximum Gasteiger partial charge on any atom is 0.246 e. The molecule has 2 aliphatic rings. The lowest BCUT2D eigenvalue weighted by Crippen LogP contribution is -2.44. The second kappa shape index (κ2) is 3.98. The number of hydrogen-bond acceptors (Lipinski definition) is 1. The molecule has 0 spiro atoms. The first-order valence-electron chi connectivity index (χ1n) is 5.90. The summed E-state index contributed by atoms with van der Waals surface area (Å²) in [7, 11) is 1.91. The fourth-order valence-corrected chi connectivity index (χ4v) is 3.35. The van der Waals surface area contributed by atoms with E-state index in [1.807, 2.05) is 11.9 Å². The Balaban J connectivity index is 2.07. The van der Waals surface area contributed by atoms with Crippen molar-refractivity contribution in [1.82, 2.24) is 4.90 Å². The van der Waals surface area contributed by atoms with Gasteiger partial charge in [-0.15, -0.1) is 0 Å². The first kappa shape index (κ1) is 11.0. The van der Waals surface area contributed by atoms with Crippen LogP contribution in [0.2, 0.25) is 0 Å². The van der Waals surface area contributed by atoms with Crippen LogP contribution in [-0.2, 0) is 11.2 Å². The van der Waals surface area contributed by atoms with E-state index < -0.39 is 0 Å². The average Bonchev–Trinajstić information content (AvgIpc) is 2.33. The number of nitrogens with zero attached hydrogens (tertiary/aromatic N) is 1. The van der Waals surface area contributed by atoms with Gasteiger partial charge >= 0.3 is 0 Å². The normalized spacial score (nSPS) is 26.7. The standard InChI is InChI=1S/C14H14BrNO/c1-16-13-6-2-9-8-10(15)3-4-11(9)12(13)5-7-14(16)17/h3-5,7-8,12-13H,2,6H2,1H3. The monoisotopic (exact) mass is 291 g/mol. The zero-order chi connectivity index (χ0) is 12.0. The van der Waals surface area contributed by atoms with Gasteiger partial charge in [-0.25, -0.2) is 0 Å². The molecule has 0 saturated heterocycles. The van der Waals surface area contributed by atoms with Gasteiger partial charge in [-0.2, -0.15) is 0 Å². The Bertz CT molecular complexity index is 509. The van der Waals surface area contributed by atoms with Crippen molar-refractivity contribution in [1.29, 1.82) is 0 Å². The number of hydrogen-bond donors (Lipinski definition) is 0. The van der Waals surface area contributed by atoms with Crippen LogP contribution in [0, 0.1) is 0 Å². The summed E-state index contributed by atoms with van der Waals surface area (Å²) in [5.74, 6) is 0.501. The molecule has 1 aromatic rings. The van der Waals surface area contributed by atoms with E-state index >= 15 is 0 Å². The molecule has 1 aromatic carbocycles. The number of carbonyl (C=O) groups is 1. The SMILES string of the molecule is CN1C(=O)C=CC2c3ccc(Br)cc3CCC21. The molecule has 0 aromatic heterocycles. The Kier molecular flexibility index (Phi) is 2.58. The van der Waals surface area contributed by atoms with Gasteiger partial charge in [0.15, 0.2) is 0 Å². The van der Waals surface area contributed by atoms with Crippen LogP contribution >= 0.6 is 15.9 Å². The van der Waals surface area contributed by atoms with Crippen molar-refractivity contribution < 1.29 is 4.79 Å². The van der Waals surface area contributed by atoms with Crippen molar-refractivity contribution in [2.24, 2.45) is 0 Å². The van der Waals surface area contributed by atoms with Gasteiger partial charge in [0, 0.05) is 23.5 Å². The summed E-state index contributed by atoms with van der Waals surface area (Å²) in [6, 6.07) is 6.81. The molecule has 2 nitrogen and oxygen atoms in total. The van der Waals surface area contributed by atoms with Crippen molar-refractivity contribution in [3.8, 4) is 0 Å². The highest BCUT2D eigenvalue weighted by Gasteiger charge is 2.34. The zero-order valence-electron chi connectivity index (χ0n) is 9.69. The van der Waals surface area contributed by atoms with E-state index in [-0.39, 0.29) is 5.91 Å². The van der Waals surface area contributed by atoms with Gasteiger partial charge in [-0.1, -0.05) is 28.1 Å². The molecule has 0 saturated carbocycles. The van der Waals surface area contributed by atoms with Gasteiger partial charge in [0.05, 0.1) is 0 Å². The zero-order valence-corrected chi connectivity index (χ0v) is 11.3. The molecular weight excluding hydrogens is 278 g/mol. The number of benzene rings is 1. The van der Waals surface area contributed by atoms with Gasteiger partial charge in [-0.05, 0) is 42.2 Å². The predicted molar refractivity (Wildman–Crippen MR) is 70.9 cm³/mol. The van der Waals surface area contributed by atoms with E-state index in [4.69, 9.17) is 0 Å². The van der Waals surface area contributed by atoms with Gasteiger partial charge in [-0.3, -0.25) is 4.79 Å². The molecule has 3 rings (SSSR count). The number of amides is 1. The molecule has 0 N–H and O–H groups in total. The number of aryl methyl sites for hydroxylation is 1. The second-order valence-corrected chi connectivity index (χ2v) is 5.70. The average molecular weight is 292 g/mol. The van der Waals surface area contributed by atoms with Crippen LogP contribution in [-0.4, -0.2) is 23.9 Å². The molecule has 88 valence electrons. The topological polar surface area (TPSA) is 20.3 Å².